The van der Waals surface area contributed by atoms with Crippen LogP contribution < -0.4 is 0 Å². The minimum atomic E-state index is -1.42. The molecule has 1 heterocycles. The van der Waals surface area contributed by atoms with Gasteiger partial charge in [0.1, 0.15) is 0 Å². The summed E-state index contributed by atoms with van der Waals surface area (Å²) >= 11 is 0. The SMILES string of the molecule is COC(=O)CCCCCCC(F)C(=O)N1CCc2ccccc2C1. The van der Waals surface area contributed by atoms with Crippen molar-refractivity contribution in [2.24, 2.45) is 0 Å². The van der Waals surface area contributed by atoms with Gasteiger partial charge in [-0.1, -0.05) is 43.5 Å². The Morgan fingerprint density at radius 3 is 2.62 bits per heavy atom. The lowest BCUT2D eigenvalue weighted by molar-refractivity contribution is -0.140. The zero-order valence-electron chi connectivity index (χ0n) is 14.3. The van der Waals surface area contributed by atoms with Gasteiger partial charge < -0.3 is 9.64 Å². The van der Waals surface area contributed by atoms with Crippen molar-refractivity contribution in [2.75, 3.05) is 13.7 Å². The van der Waals surface area contributed by atoms with E-state index in [4.69, 9.17) is 0 Å². The van der Waals surface area contributed by atoms with E-state index in [1.165, 1.54) is 12.7 Å². The number of carbonyl (C=O) groups is 2. The topological polar surface area (TPSA) is 46.6 Å². The summed E-state index contributed by atoms with van der Waals surface area (Å²) in [7, 11) is 1.38. The molecule has 0 bridgehead atoms. The second-order valence-electron chi connectivity index (χ2n) is 6.28. The van der Waals surface area contributed by atoms with Crippen LogP contribution in [0.1, 0.15) is 49.7 Å². The Morgan fingerprint density at radius 1 is 1.17 bits per heavy atom. The van der Waals surface area contributed by atoms with E-state index in [1.54, 1.807) is 4.90 Å². The molecule has 0 saturated carbocycles. The van der Waals surface area contributed by atoms with E-state index in [-0.39, 0.29) is 18.3 Å². The number of methoxy groups -OCH3 is 1. The maximum atomic E-state index is 14.2. The first-order valence-corrected chi connectivity index (χ1v) is 8.68. The molecule has 24 heavy (non-hydrogen) atoms. The van der Waals surface area contributed by atoms with Crippen molar-refractivity contribution in [3.8, 4) is 0 Å². The van der Waals surface area contributed by atoms with Gasteiger partial charge in [-0.15, -0.1) is 0 Å². The van der Waals surface area contributed by atoms with Crippen molar-refractivity contribution in [1.29, 1.82) is 0 Å². The summed E-state index contributed by atoms with van der Waals surface area (Å²) in [6.45, 7) is 1.10. The van der Waals surface area contributed by atoms with Gasteiger partial charge in [-0.3, -0.25) is 9.59 Å². The first kappa shape index (κ1) is 18.4. The predicted octanol–water partition coefficient (Wildman–Crippen LogP) is 3.42. The van der Waals surface area contributed by atoms with Crippen LogP contribution in [0.25, 0.3) is 0 Å². The van der Waals surface area contributed by atoms with Crippen LogP contribution in [0.15, 0.2) is 24.3 Å². The fraction of sp³-hybridized carbons (Fsp3) is 0.579. The quantitative estimate of drug-likeness (QED) is 0.540. The van der Waals surface area contributed by atoms with Crippen molar-refractivity contribution in [3.63, 3.8) is 0 Å². The van der Waals surface area contributed by atoms with Gasteiger partial charge in [0, 0.05) is 19.5 Å². The zero-order chi connectivity index (χ0) is 17.4. The number of alkyl halides is 1. The van der Waals surface area contributed by atoms with Gasteiger partial charge in [0.05, 0.1) is 7.11 Å². The highest BCUT2D eigenvalue weighted by Gasteiger charge is 2.26. The van der Waals surface area contributed by atoms with Crippen molar-refractivity contribution < 1.29 is 18.7 Å². The molecule has 0 N–H and O–H groups in total. The molecule has 0 aromatic heterocycles. The zero-order valence-corrected chi connectivity index (χ0v) is 14.3. The number of carbonyl (C=O) groups excluding carboxylic acids is 2. The first-order chi connectivity index (χ1) is 11.6. The largest absolute Gasteiger partial charge is 0.469 e. The highest BCUT2D eigenvalue weighted by molar-refractivity contribution is 5.81. The smallest absolute Gasteiger partial charge is 0.305 e. The van der Waals surface area contributed by atoms with E-state index in [0.29, 0.717) is 25.9 Å². The van der Waals surface area contributed by atoms with Gasteiger partial charge in [0.2, 0.25) is 0 Å². The Labute approximate surface area is 143 Å². The molecule has 1 aromatic rings. The number of hydrogen-bond acceptors (Lipinski definition) is 3. The van der Waals surface area contributed by atoms with Crippen LogP contribution >= 0.6 is 0 Å². The number of hydrogen-bond donors (Lipinski definition) is 0. The molecule has 0 spiro atoms. The summed E-state index contributed by atoms with van der Waals surface area (Å²) in [5.74, 6) is -0.599. The molecule has 0 radical (unpaired) electrons. The van der Waals surface area contributed by atoms with Crippen LogP contribution in [0.2, 0.25) is 0 Å². The van der Waals surface area contributed by atoms with Crippen LogP contribution in [0.3, 0.4) is 0 Å². The minimum absolute atomic E-state index is 0.209. The van der Waals surface area contributed by atoms with Crippen LogP contribution in [-0.4, -0.2) is 36.6 Å². The molecule has 1 unspecified atom stereocenters. The summed E-state index contributed by atoms with van der Waals surface area (Å²) < 4.78 is 18.8. The lowest BCUT2D eigenvalue weighted by Gasteiger charge is -2.30. The molecule has 1 aliphatic rings. The summed E-state index contributed by atoms with van der Waals surface area (Å²) in [5.41, 5.74) is 2.37. The van der Waals surface area contributed by atoms with Crippen LogP contribution in [0.5, 0.6) is 0 Å². The molecule has 1 aromatic carbocycles. The van der Waals surface area contributed by atoms with E-state index in [2.05, 4.69) is 10.8 Å². The van der Waals surface area contributed by atoms with Crippen molar-refractivity contribution in [1.82, 2.24) is 4.90 Å². The predicted molar refractivity (Wildman–Crippen MR) is 90.2 cm³/mol. The third-order valence-electron chi connectivity index (χ3n) is 4.53. The molecule has 0 fully saturated rings. The third kappa shape index (κ3) is 5.32. The normalized spacial score (nSPS) is 14.8. The summed E-state index contributed by atoms with van der Waals surface area (Å²) in [5, 5.41) is 0. The van der Waals surface area contributed by atoms with Gasteiger partial charge in [0.25, 0.3) is 5.91 Å². The Bertz CT molecular complexity index is 561. The van der Waals surface area contributed by atoms with E-state index >= 15 is 0 Å². The maximum absolute atomic E-state index is 14.2. The van der Waals surface area contributed by atoms with E-state index in [0.717, 1.165) is 31.2 Å². The lowest BCUT2D eigenvalue weighted by atomic mass is 9.99. The second-order valence-corrected chi connectivity index (χ2v) is 6.28. The van der Waals surface area contributed by atoms with Crippen LogP contribution in [0, 0.1) is 0 Å². The number of benzene rings is 1. The van der Waals surface area contributed by atoms with Crippen molar-refractivity contribution in [3.05, 3.63) is 35.4 Å². The molecule has 1 aliphatic heterocycles. The number of fused-ring (bicyclic) bond motifs is 1. The summed E-state index contributed by atoms with van der Waals surface area (Å²) in [6.07, 6.45) is 3.13. The number of nitrogens with zero attached hydrogens (tertiary/aromatic N) is 1. The number of ether oxygens (including phenoxy) is 1. The molecule has 2 rings (SSSR count). The average Bonchev–Trinajstić information content (AvgIpc) is 2.62. The molecule has 0 saturated heterocycles. The number of unbranched alkanes of at least 4 members (excludes halogenated alkanes) is 3. The minimum Gasteiger partial charge on any atom is -0.469 e. The Hall–Kier alpha value is -1.91. The molecule has 1 amide bonds. The Morgan fingerprint density at radius 2 is 1.88 bits per heavy atom. The molecule has 0 aliphatic carbocycles. The van der Waals surface area contributed by atoms with Crippen molar-refractivity contribution >= 4 is 11.9 Å². The summed E-state index contributed by atoms with van der Waals surface area (Å²) in [6, 6.07) is 8.02. The van der Waals surface area contributed by atoms with Gasteiger partial charge in [0.15, 0.2) is 6.17 Å². The number of esters is 1. The first-order valence-electron chi connectivity index (χ1n) is 8.68. The van der Waals surface area contributed by atoms with Gasteiger partial charge in [-0.05, 0) is 30.4 Å². The molecule has 1 atom stereocenters. The monoisotopic (exact) mass is 335 g/mol. The maximum Gasteiger partial charge on any atom is 0.305 e. The third-order valence-corrected chi connectivity index (χ3v) is 4.53. The van der Waals surface area contributed by atoms with E-state index in [9.17, 15) is 14.0 Å². The van der Waals surface area contributed by atoms with Crippen LogP contribution in [-0.2, 0) is 27.3 Å². The highest BCUT2D eigenvalue weighted by Crippen LogP contribution is 2.21. The van der Waals surface area contributed by atoms with Gasteiger partial charge in [-0.2, -0.15) is 0 Å². The second kappa shape index (κ2) is 9.40. The molecule has 132 valence electrons. The van der Waals surface area contributed by atoms with Crippen molar-refractivity contribution in [2.45, 2.75) is 57.7 Å². The fourth-order valence-corrected chi connectivity index (χ4v) is 3.05. The molecular weight excluding hydrogens is 309 g/mol. The number of rotatable bonds is 8. The Balaban J connectivity index is 1.67. The fourth-order valence-electron chi connectivity index (χ4n) is 3.05. The molecule has 4 nitrogen and oxygen atoms in total. The van der Waals surface area contributed by atoms with E-state index < -0.39 is 6.17 Å². The van der Waals surface area contributed by atoms with Gasteiger partial charge >= 0.3 is 5.97 Å². The Kier molecular flexibility index (Phi) is 7.22. The number of amides is 1. The standard InChI is InChI=1S/C19H26FNO3/c1-24-18(22)11-5-3-2-4-10-17(20)19(23)21-13-12-15-8-6-7-9-16(15)14-21/h6-9,17H,2-5,10-14H2,1H3. The average molecular weight is 335 g/mol. The molecular formula is C19H26FNO3. The number of halogens is 1. The molecule has 5 heteroatoms. The lowest BCUT2D eigenvalue weighted by Crippen LogP contribution is -2.40. The van der Waals surface area contributed by atoms with Crippen LogP contribution in [0.4, 0.5) is 4.39 Å². The van der Waals surface area contributed by atoms with E-state index in [1.807, 2.05) is 18.2 Å². The van der Waals surface area contributed by atoms with Gasteiger partial charge in [-0.25, -0.2) is 4.39 Å². The highest BCUT2D eigenvalue weighted by atomic mass is 19.1. The summed E-state index contributed by atoms with van der Waals surface area (Å²) in [4.78, 5) is 24.8.